The standard InChI is InChI=1S/C12H24N2O2/c1-10-8-14(9-11(2)16-10)12(15)6-4-3-5-7-13/h10-11H,3-9,13H2,1-2H3/t10-,11+. The molecule has 1 amide bonds. The van der Waals surface area contributed by atoms with Crippen molar-refractivity contribution >= 4 is 5.91 Å². The lowest BCUT2D eigenvalue weighted by molar-refractivity contribution is -0.143. The van der Waals surface area contributed by atoms with Crippen molar-refractivity contribution in [2.45, 2.75) is 51.7 Å². The summed E-state index contributed by atoms with van der Waals surface area (Å²) in [5.41, 5.74) is 5.41. The molecule has 1 aliphatic rings. The molecule has 1 saturated heterocycles. The molecule has 2 N–H and O–H groups in total. The Hall–Kier alpha value is -0.610. The molecule has 4 heteroatoms. The van der Waals surface area contributed by atoms with Gasteiger partial charge >= 0.3 is 0 Å². The van der Waals surface area contributed by atoms with Crippen LogP contribution in [0, 0.1) is 0 Å². The Kier molecular flexibility index (Phi) is 5.77. The maximum Gasteiger partial charge on any atom is 0.222 e. The van der Waals surface area contributed by atoms with Crippen LogP contribution in [0.5, 0.6) is 0 Å². The first-order valence-electron chi connectivity index (χ1n) is 6.26. The van der Waals surface area contributed by atoms with Gasteiger partial charge in [-0.2, -0.15) is 0 Å². The van der Waals surface area contributed by atoms with Crippen molar-refractivity contribution in [1.29, 1.82) is 0 Å². The number of hydrogen-bond acceptors (Lipinski definition) is 3. The van der Waals surface area contributed by atoms with E-state index >= 15 is 0 Å². The second kappa shape index (κ2) is 6.86. The summed E-state index contributed by atoms with van der Waals surface area (Å²) in [6.45, 7) is 6.23. The third kappa shape index (κ3) is 4.49. The summed E-state index contributed by atoms with van der Waals surface area (Å²) in [5, 5.41) is 0. The lowest BCUT2D eigenvalue weighted by Crippen LogP contribution is -2.48. The fourth-order valence-electron chi connectivity index (χ4n) is 2.14. The smallest absolute Gasteiger partial charge is 0.222 e. The lowest BCUT2D eigenvalue weighted by Gasteiger charge is -2.35. The van der Waals surface area contributed by atoms with Crippen LogP contribution in [0.1, 0.15) is 39.5 Å². The van der Waals surface area contributed by atoms with E-state index < -0.39 is 0 Å². The first-order valence-corrected chi connectivity index (χ1v) is 6.26. The predicted molar refractivity (Wildman–Crippen MR) is 64.1 cm³/mol. The highest BCUT2D eigenvalue weighted by Crippen LogP contribution is 2.13. The number of carbonyl (C=O) groups is 1. The average Bonchev–Trinajstić information content (AvgIpc) is 2.22. The number of morpholine rings is 1. The monoisotopic (exact) mass is 228 g/mol. The van der Waals surface area contributed by atoms with Gasteiger partial charge in [-0.15, -0.1) is 0 Å². The average molecular weight is 228 g/mol. The largest absolute Gasteiger partial charge is 0.372 e. The molecular weight excluding hydrogens is 204 g/mol. The predicted octanol–water partition coefficient (Wildman–Crippen LogP) is 1.14. The van der Waals surface area contributed by atoms with Crippen molar-refractivity contribution in [1.82, 2.24) is 4.90 Å². The van der Waals surface area contributed by atoms with Crippen LogP contribution in [0.3, 0.4) is 0 Å². The second-order valence-electron chi connectivity index (χ2n) is 4.66. The molecule has 94 valence electrons. The summed E-state index contributed by atoms with van der Waals surface area (Å²) in [6, 6.07) is 0. The maximum absolute atomic E-state index is 11.9. The lowest BCUT2D eigenvalue weighted by atomic mass is 10.1. The molecule has 0 aromatic carbocycles. The highest BCUT2D eigenvalue weighted by molar-refractivity contribution is 5.76. The third-order valence-electron chi connectivity index (χ3n) is 2.87. The van der Waals surface area contributed by atoms with Crippen molar-refractivity contribution < 1.29 is 9.53 Å². The van der Waals surface area contributed by atoms with Gasteiger partial charge in [-0.05, 0) is 33.2 Å². The van der Waals surface area contributed by atoms with Gasteiger partial charge in [0.25, 0.3) is 0 Å². The molecule has 1 aliphatic heterocycles. The van der Waals surface area contributed by atoms with E-state index in [-0.39, 0.29) is 18.1 Å². The van der Waals surface area contributed by atoms with E-state index in [0.29, 0.717) is 6.42 Å². The quantitative estimate of drug-likeness (QED) is 0.718. The fraction of sp³-hybridized carbons (Fsp3) is 0.917. The first kappa shape index (κ1) is 13.5. The molecule has 0 unspecified atom stereocenters. The Balaban J connectivity index is 2.24. The molecule has 0 aromatic rings. The summed E-state index contributed by atoms with van der Waals surface area (Å²) >= 11 is 0. The Morgan fingerprint density at radius 3 is 2.44 bits per heavy atom. The van der Waals surface area contributed by atoms with E-state index in [0.717, 1.165) is 38.9 Å². The Morgan fingerprint density at radius 2 is 1.88 bits per heavy atom. The molecule has 1 heterocycles. The van der Waals surface area contributed by atoms with Gasteiger partial charge in [0, 0.05) is 19.5 Å². The van der Waals surface area contributed by atoms with Crippen LogP contribution in [0.25, 0.3) is 0 Å². The molecule has 0 radical (unpaired) electrons. The summed E-state index contributed by atoms with van der Waals surface area (Å²) in [6.07, 6.45) is 4.00. The minimum atomic E-state index is 0.164. The zero-order chi connectivity index (χ0) is 12.0. The number of ether oxygens (including phenoxy) is 1. The molecule has 16 heavy (non-hydrogen) atoms. The number of rotatable bonds is 5. The van der Waals surface area contributed by atoms with Crippen molar-refractivity contribution in [3.63, 3.8) is 0 Å². The van der Waals surface area contributed by atoms with Gasteiger partial charge in [-0.25, -0.2) is 0 Å². The summed E-state index contributed by atoms with van der Waals surface area (Å²) in [4.78, 5) is 13.8. The van der Waals surface area contributed by atoms with Crippen LogP contribution in [0.15, 0.2) is 0 Å². The Bertz CT molecular complexity index is 211. The van der Waals surface area contributed by atoms with E-state index in [1.54, 1.807) is 0 Å². The minimum absolute atomic E-state index is 0.164. The van der Waals surface area contributed by atoms with Crippen molar-refractivity contribution in [3.05, 3.63) is 0 Å². The van der Waals surface area contributed by atoms with Gasteiger partial charge in [0.1, 0.15) is 0 Å². The van der Waals surface area contributed by atoms with Crippen LogP contribution in [0.2, 0.25) is 0 Å². The second-order valence-corrected chi connectivity index (χ2v) is 4.66. The highest BCUT2D eigenvalue weighted by Gasteiger charge is 2.25. The van der Waals surface area contributed by atoms with Gasteiger partial charge in [0.2, 0.25) is 5.91 Å². The van der Waals surface area contributed by atoms with E-state index in [2.05, 4.69) is 0 Å². The van der Waals surface area contributed by atoms with Crippen LogP contribution in [0.4, 0.5) is 0 Å². The van der Waals surface area contributed by atoms with Crippen molar-refractivity contribution in [2.24, 2.45) is 5.73 Å². The van der Waals surface area contributed by atoms with Crippen LogP contribution in [-0.4, -0.2) is 42.6 Å². The molecular formula is C12H24N2O2. The van der Waals surface area contributed by atoms with Gasteiger partial charge in [0.15, 0.2) is 0 Å². The van der Waals surface area contributed by atoms with E-state index in [1.807, 2.05) is 18.7 Å². The molecule has 0 aromatic heterocycles. The number of carbonyl (C=O) groups excluding carboxylic acids is 1. The molecule has 2 atom stereocenters. The van der Waals surface area contributed by atoms with E-state index in [1.165, 1.54) is 0 Å². The molecule has 1 rings (SSSR count). The highest BCUT2D eigenvalue weighted by atomic mass is 16.5. The van der Waals surface area contributed by atoms with Gasteiger partial charge in [0.05, 0.1) is 12.2 Å². The number of unbranched alkanes of at least 4 members (excludes halogenated alkanes) is 2. The van der Waals surface area contributed by atoms with Gasteiger partial charge in [-0.3, -0.25) is 4.79 Å². The molecule has 1 fully saturated rings. The fourth-order valence-corrected chi connectivity index (χ4v) is 2.14. The van der Waals surface area contributed by atoms with E-state index in [9.17, 15) is 4.79 Å². The van der Waals surface area contributed by atoms with E-state index in [4.69, 9.17) is 10.5 Å². The van der Waals surface area contributed by atoms with Crippen LogP contribution < -0.4 is 5.73 Å². The van der Waals surface area contributed by atoms with Crippen molar-refractivity contribution in [2.75, 3.05) is 19.6 Å². The topological polar surface area (TPSA) is 55.6 Å². The summed E-state index contributed by atoms with van der Waals surface area (Å²) in [7, 11) is 0. The Labute approximate surface area is 98.1 Å². The van der Waals surface area contributed by atoms with Crippen LogP contribution >= 0.6 is 0 Å². The molecule has 0 saturated carbocycles. The molecule has 0 spiro atoms. The minimum Gasteiger partial charge on any atom is -0.372 e. The van der Waals surface area contributed by atoms with Gasteiger partial charge in [-0.1, -0.05) is 6.42 Å². The molecule has 4 nitrogen and oxygen atoms in total. The van der Waals surface area contributed by atoms with Crippen LogP contribution in [-0.2, 0) is 9.53 Å². The zero-order valence-electron chi connectivity index (χ0n) is 10.4. The first-order chi connectivity index (χ1) is 7.63. The third-order valence-corrected chi connectivity index (χ3v) is 2.87. The Morgan fingerprint density at radius 1 is 1.25 bits per heavy atom. The number of amides is 1. The molecule has 0 aliphatic carbocycles. The number of nitrogens with zero attached hydrogens (tertiary/aromatic N) is 1. The summed E-state index contributed by atoms with van der Waals surface area (Å²) < 4.78 is 5.60. The van der Waals surface area contributed by atoms with Gasteiger partial charge < -0.3 is 15.4 Å². The maximum atomic E-state index is 11.9. The SMILES string of the molecule is C[C@@H]1CN(C(=O)CCCCCN)C[C@H](C)O1. The number of nitrogens with two attached hydrogens (primary N) is 1. The molecule has 0 bridgehead atoms. The normalized spacial score (nSPS) is 25.8. The van der Waals surface area contributed by atoms with Crippen molar-refractivity contribution in [3.8, 4) is 0 Å². The zero-order valence-corrected chi connectivity index (χ0v) is 10.4. The number of hydrogen-bond donors (Lipinski definition) is 1. The summed E-state index contributed by atoms with van der Waals surface area (Å²) in [5.74, 6) is 0.263.